The summed E-state index contributed by atoms with van der Waals surface area (Å²) in [4.78, 5) is 14.2. The van der Waals surface area contributed by atoms with Crippen molar-refractivity contribution in [2.75, 3.05) is 0 Å². The van der Waals surface area contributed by atoms with Crippen LogP contribution in [0.1, 0.15) is 38.9 Å². The summed E-state index contributed by atoms with van der Waals surface area (Å²) in [5, 5.41) is 0. The molecule has 1 amide bonds. The minimum atomic E-state index is -0.388. The zero-order valence-electron chi connectivity index (χ0n) is 11.1. The van der Waals surface area contributed by atoms with Gasteiger partial charge in [-0.2, -0.15) is 0 Å². The molecule has 4 heteroatoms. The van der Waals surface area contributed by atoms with Crippen LogP contribution in [0, 0.1) is 5.92 Å². The van der Waals surface area contributed by atoms with E-state index in [1.54, 1.807) is 6.26 Å². The SMILES string of the molecule is CC(C)C[C@H](N)C(=O)N(Cc1ccco1)C1CC1. The molecule has 0 spiro atoms. The van der Waals surface area contributed by atoms with Crippen molar-refractivity contribution in [3.05, 3.63) is 24.2 Å². The van der Waals surface area contributed by atoms with E-state index >= 15 is 0 Å². The number of carbonyl (C=O) groups excluding carboxylic acids is 1. The number of nitrogens with two attached hydrogens (primary N) is 1. The smallest absolute Gasteiger partial charge is 0.240 e. The van der Waals surface area contributed by atoms with Crippen molar-refractivity contribution < 1.29 is 9.21 Å². The van der Waals surface area contributed by atoms with Gasteiger partial charge >= 0.3 is 0 Å². The molecule has 1 aliphatic carbocycles. The van der Waals surface area contributed by atoms with E-state index in [0.717, 1.165) is 25.0 Å². The highest BCUT2D eigenvalue weighted by atomic mass is 16.3. The molecule has 1 atom stereocenters. The summed E-state index contributed by atoms with van der Waals surface area (Å²) in [7, 11) is 0. The molecule has 0 aliphatic heterocycles. The maximum Gasteiger partial charge on any atom is 0.240 e. The number of furan rings is 1. The predicted molar refractivity (Wildman–Crippen MR) is 69.7 cm³/mol. The van der Waals surface area contributed by atoms with Crippen LogP contribution in [0.3, 0.4) is 0 Å². The maximum atomic E-state index is 12.3. The first kappa shape index (κ1) is 13.1. The molecule has 4 nitrogen and oxygen atoms in total. The summed E-state index contributed by atoms with van der Waals surface area (Å²) < 4.78 is 5.32. The summed E-state index contributed by atoms with van der Waals surface area (Å²) in [6.07, 6.45) is 4.54. The highest BCUT2D eigenvalue weighted by molar-refractivity contribution is 5.82. The van der Waals surface area contributed by atoms with Gasteiger partial charge in [-0.05, 0) is 37.3 Å². The van der Waals surface area contributed by atoms with Crippen LogP contribution < -0.4 is 5.73 Å². The molecular formula is C14H22N2O2. The summed E-state index contributed by atoms with van der Waals surface area (Å²) in [6, 6.07) is 3.72. The average molecular weight is 250 g/mol. The number of carbonyl (C=O) groups is 1. The Morgan fingerprint density at radius 1 is 1.56 bits per heavy atom. The molecule has 0 saturated heterocycles. The van der Waals surface area contributed by atoms with Crippen molar-refractivity contribution in [1.29, 1.82) is 0 Å². The molecule has 0 radical (unpaired) electrons. The molecule has 1 saturated carbocycles. The van der Waals surface area contributed by atoms with Crippen molar-refractivity contribution in [2.45, 2.75) is 51.7 Å². The minimum Gasteiger partial charge on any atom is -0.467 e. The Balaban J connectivity index is 1.98. The third-order valence-corrected chi connectivity index (χ3v) is 3.22. The van der Waals surface area contributed by atoms with Crippen molar-refractivity contribution >= 4 is 5.91 Å². The van der Waals surface area contributed by atoms with Crippen LogP contribution in [0.5, 0.6) is 0 Å². The molecule has 1 aliphatic rings. The van der Waals surface area contributed by atoms with Gasteiger partial charge in [0.25, 0.3) is 0 Å². The lowest BCUT2D eigenvalue weighted by atomic mass is 10.0. The molecule has 0 bridgehead atoms. The third-order valence-electron chi connectivity index (χ3n) is 3.22. The van der Waals surface area contributed by atoms with Crippen molar-refractivity contribution in [2.24, 2.45) is 11.7 Å². The van der Waals surface area contributed by atoms with E-state index in [1.807, 2.05) is 17.0 Å². The second kappa shape index (κ2) is 5.57. The molecule has 100 valence electrons. The van der Waals surface area contributed by atoms with Gasteiger partial charge in [-0.1, -0.05) is 13.8 Å². The quantitative estimate of drug-likeness (QED) is 0.841. The Bertz CT molecular complexity index is 383. The van der Waals surface area contributed by atoms with Gasteiger partial charge in [-0.15, -0.1) is 0 Å². The van der Waals surface area contributed by atoms with Gasteiger partial charge in [-0.3, -0.25) is 4.79 Å². The van der Waals surface area contributed by atoms with Gasteiger partial charge in [0, 0.05) is 6.04 Å². The van der Waals surface area contributed by atoms with E-state index in [1.165, 1.54) is 0 Å². The number of nitrogens with zero attached hydrogens (tertiary/aromatic N) is 1. The van der Waals surface area contributed by atoms with Crippen LogP contribution in [-0.2, 0) is 11.3 Å². The average Bonchev–Trinajstić information content (AvgIpc) is 3.02. The largest absolute Gasteiger partial charge is 0.467 e. The van der Waals surface area contributed by atoms with Crippen LogP contribution in [-0.4, -0.2) is 22.9 Å². The molecule has 1 aromatic rings. The topological polar surface area (TPSA) is 59.5 Å². The lowest BCUT2D eigenvalue weighted by Crippen LogP contribution is -2.45. The monoisotopic (exact) mass is 250 g/mol. The van der Waals surface area contributed by atoms with E-state index in [9.17, 15) is 4.79 Å². The van der Waals surface area contributed by atoms with Crippen LogP contribution in [0.4, 0.5) is 0 Å². The number of rotatable bonds is 6. The molecule has 18 heavy (non-hydrogen) atoms. The van der Waals surface area contributed by atoms with Gasteiger partial charge in [0.05, 0.1) is 18.8 Å². The predicted octanol–water partition coefficient (Wildman–Crippen LogP) is 2.14. The van der Waals surface area contributed by atoms with Crippen LogP contribution in [0.25, 0.3) is 0 Å². The number of hydrogen-bond acceptors (Lipinski definition) is 3. The highest BCUT2D eigenvalue weighted by Gasteiger charge is 2.35. The minimum absolute atomic E-state index is 0.0580. The fourth-order valence-electron chi connectivity index (χ4n) is 2.17. The number of amides is 1. The van der Waals surface area contributed by atoms with Crippen LogP contribution in [0.2, 0.25) is 0 Å². The van der Waals surface area contributed by atoms with E-state index in [-0.39, 0.29) is 11.9 Å². The zero-order chi connectivity index (χ0) is 13.1. The lowest BCUT2D eigenvalue weighted by Gasteiger charge is -2.25. The van der Waals surface area contributed by atoms with Gasteiger partial charge in [-0.25, -0.2) is 0 Å². The van der Waals surface area contributed by atoms with Gasteiger partial charge in [0.15, 0.2) is 0 Å². The van der Waals surface area contributed by atoms with E-state index < -0.39 is 0 Å². The normalized spacial score (nSPS) is 16.9. The third kappa shape index (κ3) is 3.35. The fourth-order valence-corrected chi connectivity index (χ4v) is 2.17. The Kier molecular flexibility index (Phi) is 4.07. The first-order chi connectivity index (χ1) is 8.58. The Labute approximate surface area is 108 Å². The Morgan fingerprint density at radius 3 is 2.78 bits per heavy atom. The molecule has 2 N–H and O–H groups in total. The van der Waals surface area contributed by atoms with Gasteiger partial charge in [0.1, 0.15) is 5.76 Å². The lowest BCUT2D eigenvalue weighted by molar-refractivity contribution is -0.134. The maximum absolute atomic E-state index is 12.3. The number of hydrogen-bond donors (Lipinski definition) is 1. The van der Waals surface area contributed by atoms with Gasteiger partial charge < -0.3 is 15.1 Å². The molecule has 1 heterocycles. The van der Waals surface area contributed by atoms with Crippen molar-refractivity contribution in [3.8, 4) is 0 Å². The van der Waals surface area contributed by atoms with Crippen molar-refractivity contribution in [3.63, 3.8) is 0 Å². The molecule has 1 fully saturated rings. The summed E-state index contributed by atoms with van der Waals surface area (Å²) in [5.41, 5.74) is 5.99. The van der Waals surface area contributed by atoms with E-state index in [2.05, 4.69) is 13.8 Å². The molecule has 0 unspecified atom stereocenters. The van der Waals surface area contributed by atoms with Crippen LogP contribution >= 0.6 is 0 Å². The fraction of sp³-hybridized carbons (Fsp3) is 0.643. The van der Waals surface area contributed by atoms with E-state index in [4.69, 9.17) is 10.2 Å². The zero-order valence-corrected chi connectivity index (χ0v) is 11.1. The second-order valence-corrected chi connectivity index (χ2v) is 5.51. The van der Waals surface area contributed by atoms with Gasteiger partial charge in [0.2, 0.25) is 5.91 Å². The summed E-state index contributed by atoms with van der Waals surface area (Å²) in [6.45, 7) is 4.71. The van der Waals surface area contributed by atoms with Crippen molar-refractivity contribution in [1.82, 2.24) is 4.90 Å². The summed E-state index contributed by atoms with van der Waals surface area (Å²) in [5.74, 6) is 1.32. The molecule has 0 aromatic carbocycles. The Morgan fingerprint density at radius 2 is 2.28 bits per heavy atom. The van der Waals surface area contributed by atoms with E-state index in [0.29, 0.717) is 18.5 Å². The molecular weight excluding hydrogens is 228 g/mol. The summed E-state index contributed by atoms with van der Waals surface area (Å²) >= 11 is 0. The molecule has 2 rings (SSSR count). The molecule has 1 aromatic heterocycles. The first-order valence-electron chi connectivity index (χ1n) is 6.66. The highest BCUT2D eigenvalue weighted by Crippen LogP contribution is 2.29. The Hall–Kier alpha value is -1.29. The van der Waals surface area contributed by atoms with Crippen LogP contribution in [0.15, 0.2) is 22.8 Å². The first-order valence-corrected chi connectivity index (χ1v) is 6.66. The second-order valence-electron chi connectivity index (χ2n) is 5.51. The standard InChI is InChI=1S/C14H22N2O2/c1-10(2)8-13(15)14(17)16(11-5-6-11)9-12-4-3-7-18-12/h3-4,7,10-11,13H,5-6,8-9,15H2,1-2H3/t13-/m0/s1.